The van der Waals surface area contributed by atoms with E-state index in [1.165, 1.54) is 5.56 Å². The topological polar surface area (TPSA) is 42.2 Å². The van der Waals surface area contributed by atoms with Gasteiger partial charge in [-0.25, -0.2) is 0 Å². The largest absolute Gasteiger partial charge is 0.493 e. The number of fused-ring (bicyclic) bond motifs is 1. The molecule has 1 aromatic rings. The predicted molar refractivity (Wildman–Crippen MR) is 61.5 cm³/mol. The first-order valence-corrected chi connectivity index (χ1v) is 5.14. The summed E-state index contributed by atoms with van der Waals surface area (Å²) in [5.41, 5.74) is 3.29. The van der Waals surface area contributed by atoms with E-state index in [-0.39, 0.29) is 0 Å². The van der Waals surface area contributed by atoms with Gasteiger partial charge in [-0.05, 0) is 30.0 Å². The maximum Gasteiger partial charge on any atom is 0.168 e. The fourth-order valence-corrected chi connectivity index (χ4v) is 2.14. The van der Waals surface area contributed by atoms with E-state index >= 15 is 0 Å². The summed E-state index contributed by atoms with van der Waals surface area (Å²) in [6, 6.07) is 6.03. The van der Waals surface area contributed by atoms with Crippen LogP contribution in [0.5, 0.6) is 11.5 Å². The summed E-state index contributed by atoms with van der Waals surface area (Å²) in [4.78, 5) is 0. The maximum atomic E-state index is 8.74. The third-order valence-corrected chi connectivity index (χ3v) is 2.86. The maximum absolute atomic E-state index is 8.74. The minimum absolute atomic E-state index is 0.715. The lowest BCUT2D eigenvalue weighted by molar-refractivity contribution is 0.354. The molecule has 0 heterocycles. The van der Waals surface area contributed by atoms with Crippen molar-refractivity contribution in [2.75, 3.05) is 14.2 Å². The van der Waals surface area contributed by atoms with Gasteiger partial charge in [0.05, 0.1) is 20.3 Å². The van der Waals surface area contributed by atoms with Crippen molar-refractivity contribution in [3.8, 4) is 17.6 Å². The van der Waals surface area contributed by atoms with Gasteiger partial charge in [0.15, 0.2) is 11.5 Å². The molecule has 0 amide bonds. The van der Waals surface area contributed by atoms with Gasteiger partial charge in [0.2, 0.25) is 0 Å². The molecule has 1 aliphatic rings. The summed E-state index contributed by atoms with van der Waals surface area (Å²) in [6.45, 7) is 0. The Morgan fingerprint density at radius 2 is 2.06 bits per heavy atom. The van der Waals surface area contributed by atoms with Crippen LogP contribution in [0, 0.1) is 11.3 Å². The number of methoxy groups -OCH3 is 2. The van der Waals surface area contributed by atoms with Crippen LogP contribution in [0.4, 0.5) is 0 Å². The molecule has 0 radical (unpaired) electrons. The van der Waals surface area contributed by atoms with Crippen molar-refractivity contribution in [3.63, 3.8) is 0 Å². The fourth-order valence-electron chi connectivity index (χ4n) is 2.14. The first-order valence-electron chi connectivity index (χ1n) is 5.14. The van der Waals surface area contributed by atoms with Crippen molar-refractivity contribution in [1.82, 2.24) is 0 Å². The van der Waals surface area contributed by atoms with Crippen LogP contribution in [-0.4, -0.2) is 14.2 Å². The van der Waals surface area contributed by atoms with Crippen LogP contribution in [0.1, 0.15) is 17.5 Å². The SMILES string of the molecule is COc1ccc2c(c1OC)/C(=C\C#N)CC2. The number of rotatable bonds is 2. The second-order valence-electron chi connectivity index (χ2n) is 3.63. The van der Waals surface area contributed by atoms with Crippen molar-refractivity contribution in [2.45, 2.75) is 12.8 Å². The number of hydrogen-bond acceptors (Lipinski definition) is 3. The molecule has 0 saturated heterocycles. The Kier molecular flexibility index (Phi) is 2.82. The molecule has 0 bridgehead atoms. The Bertz CT molecular complexity index is 483. The van der Waals surface area contributed by atoms with Gasteiger partial charge in [0.25, 0.3) is 0 Å². The molecule has 1 aromatic carbocycles. The summed E-state index contributed by atoms with van der Waals surface area (Å²) in [7, 11) is 3.24. The minimum atomic E-state index is 0.715. The van der Waals surface area contributed by atoms with Gasteiger partial charge in [-0.1, -0.05) is 6.07 Å². The zero-order chi connectivity index (χ0) is 11.5. The van der Waals surface area contributed by atoms with Crippen molar-refractivity contribution < 1.29 is 9.47 Å². The molecule has 82 valence electrons. The Morgan fingerprint density at radius 3 is 2.69 bits per heavy atom. The van der Waals surface area contributed by atoms with Crippen molar-refractivity contribution in [3.05, 3.63) is 29.3 Å². The van der Waals surface area contributed by atoms with Gasteiger partial charge < -0.3 is 9.47 Å². The number of allylic oxidation sites excluding steroid dienone is 2. The first-order chi connectivity index (χ1) is 7.81. The highest BCUT2D eigenvalue weighted by Crippen LogP contribution is 2.43. The fraction of sp³-hybridized carbons (Fsp3) is 0.308. The number of hydrogen-bond donors (Lipinski definition) is 0. The molecule has 1 aliphatic carbocycles. The molecule has 0 unspecified atom stereocenters. The van der Waals surface area contributed by atoms with Crippen LogP contribution in [0.15, 0.2) is 18.2 Å². The molecule has 3 heteroatoms. The van der Waals surface area contributed by atoms with Crippen LogP contribution in [0.25, 0.3) is 5.57 Å². The van der Waals surface area contributed by atoms with Gasteiger partial charge in [0, 0.05) is 11.6 Å². The normalized spacial score (nSPS) is 15.7. The van der Waals surface area contributed by atoms with E-state index in [0.717, 1.165) is 29.7 Å². The van der Waals surface area contributed by atoms with Crippen LogP contribution < -0.4 is 9.47 Å². The summed E-state index contributed by atoms with van der Waals surface area (Å²) in [5, 5.41) is 8.74. The van der Waals surface area contributed by atoms with Gasteiger partial charge in [-0.15, -0.1) is 0 Å². The molecule has 0 N–H and O–H groups in total. The lowest BCUT2D eigenvalue weighted by Gasteiger charge is -2.12. The lowest BCUT2D eigenvalue weighted by atomic mass is 10.1. The number of aryl methyl sites for hydroxylation is 1. The average Bonchev–Trinajstić information content (AvgIpc) is 2.72. The standard InChI is InChI=1S/C13H13NO2/c1-15-11-6-5-9-3-4-10(7-8-14)12(9)13(11)16-2/h5-7H,3-4H2,1-2H3/b10-7-. The average molecular weight is 215 g/mol. The van der Waals surface area contributed by atoms with Crippen LogP contribution in [-0.2, 0) is 6.42 Å². The van der Waals surface area contributed by atoms with E-state index in [1.807, 2.05) is 12.1 Å². The highest BCUT2D eigenvalue weighted by molar-refractivity contribution is 5.80. The second-order valence-corrected chi connectivity index (χ2v) is 3.63. The zero-order valence-corrected chi connectivity index (χ0v) is 9.41. The Balaban J connectivity index is 2.63. The Morgan fingerprint density at radius 1 is 1.25 bits per heavy atom. The summed E-state index contributed by atoms with van der Waals surface area (Å²) in [5.74, 6) is 1.45. The van der Waals surface area contributed by atoms with E-state index in [1.54, 1.807) is 20.3 Å². The Labute approximate surface area is 94.9 Å². The molecule has 16 heavy (non-hydrogen) atoms. The smallest absolute Gasteiger partial charge is 0.168 e. The van der Waals surface area contributed by atoms with Gasteiger partial charge in [-0.3, -0.25) is 0 Å². The van der Waals surface area contributed by atoms with E-state index in [0.29, 0.717) is 5.75 Å². The second kappa shape index (κ2) is 4.28. The first kappa shape index (κ1) is 10.6. The van der Waals surface area contributed by atoms with E-state index in [2.05, 4.69) is 6.07 Å². The van der Waals surface area contributed by atoms with Gasteiger partial charge >= 0.3 is 0 Å². The highest BCUT2D eigenvalue weighted by atomic mass is 16.5. The third-order valence-electron chi connectivity index (χ3n) is 2.86. The zero-order valence-electron chi connectivity index (χ0n) is 9.41. The molecule has 0 aliphatic heterocycles. The Hall–Kier alpha value is -1.95. The minimum Gasteiger partial charge on any atom is -0.493 e. The quantitative estimate of drug-likeness (QED) is 0.712. The molecule has 0 atom stereocenters. The predicted octanol–water partition coefficient (Wildman–Crippen LogP) is 2.56. The van der Waals surface area contributed by atoms with Crippen LogP contribution in [0.3, 0.4) is 0 Å². The molecular weight excluding hydrogens is 202 g/mol. The monoisotopic (exact) mass is 215 g/mol. The highest BCUT2D eigenvalue weighted by Gasteiger charge is 2.23. The number of ether oxygens (including phenoxy) is 2. The molecular formula is C13H13NO2. The van der Waals surface area contributed by atoms with E-state index in [9.17, 15) is 0 Å². The lowest BCUT2D eigenvalue weighted by Crippen LogP contribution is -1.95. The number of nitriles is 1. The van der Waals surface area contributed by atoms with Gasteiger partial charge in [-0.2, -0.15) is 5.26 Å². The van der Waals surface area contributed by atoms with E-state index < -0.39 is 0 Å². The van der Waals surface area contributed by atoms with Crippen LogP contribution >= 0.6 is 0 Å². The van der Waals surface area contributed by atoms with Crippen molar-refractivity contribution in [2.24, 2.45) is 0 Å². The van der Waals surface area contributed by atoms with Crippen molar-refractivity contribution >= 4 is 5.57 Å². The van der Waals surface area contributed by atoms with Crippen molar-refractivity contribution in [1.29, 1.82) is 5.26 Å². The summed E-state index contributed by atoms with van der Waals surface area (Å²) in [6.07, 6.45) is 3.45. The molecule has 2 rings (SSSR count). The third kappa shape index (κ3) is 1.53. The molecule has 0 aromatic heterocycles. The number of benzene rings is 1. The van der Waals surface area contributed by atoms with Crippen LogP contribution in [0.2, 0.25) is 0 Å². The molecule has 0 spiro atoms. The number of nitrogens with zero attached hydrogens (tertiary/aromatic N) is 1. The molecule has 3 nitrogen and oxygen atoms in total. The summed E-state index contributed by atoms with van der Waals surface area (Å²) >= 11 is 0. The van der Waals surface area contributed by atoms with Gasteiger partial charge in [0.1, 0.15) is 0 Å². The van der Waals surface area contributed by atoms with E-state index in [4.69, 9.17) is 14.7 Å². The molecule has 0 saturated carbocycles. The molecule has 0 fully saturated rings. The summed E-state index contributed by atoms with van der Waals surface area (Å²) < 4.78 is 10.6.